The standard InChI is InChI=1S/C14H15NO5/c1-4-19-8(2)12(16)13-15-10-7-9(14(17)18-3)5-6-11(10)20-13/h5-8H,4H2,1-3H3. The number of rotatable bonds is 5. The van der Waals surface area contributed by atoms with Crippen LogP contribution in [-0.4, -0.2) is 36.6 Å². The fourth-order valence-electron chi connectivity index (χ4n) is 1.78. The van der Waals surface area contributed by atoms with Gasteiger partial charge in [0.25, 0.3) is 5.89 Å². The van der Waals surface area contributed by atoms with E-state index < -0.39 is 12.1 Å². The molecular weight excluding hydrogens is 262 g/mol. The zero-order valence-corrected chi connectivity index (χ0v) is 11.5. The van der Waals surface area contributed by atoms with E-state index in [-0.39, 0.29) is 11.7 Å². The molecule has 20 heavy (non-hydrogen) atoms. The number of oxazole rings is 1. The summed E-state index contributed by atoms with van der Waals surface area (Å²) >= 11 is 0. The molecule has 2 aromatic rings. The smallest absolute Gasteiger partial charge is 0.337 e. The van der Waals surface area contributed by atoms with Crippen LogP contribution in [0, 0.1) is 0 Å². The van der Waals surface area contributed by atoms with Gasteiger partial charge in [-0.25, -0.2) is 9.78 Å². The van der Waals surface area contributed by atoms with Crippen molar-refractivity contribution in [3.63, 3.8) is 0 Å². The molecule has 0 bridgehead atoms. The number of hydrogen-bond acceptors (Lipinski definition) is 6. The Labute approximate surface area is 115 Å². The second-order valence-corrected chi connectivity index (χ2v) is 4.15. The first-order valence-corrected chi connectivity index (χ1v) is 6.21. The van der Waals surface area contributed by atoms with Crippen LogP contribution in [0.15, 0.2) is 22.6 Å². The van der Waals surface area contributed by atoms with Gasteiger partial charge in [0.15, 0.2) is 5.58 Å². The molecule has 0 aliphatic carbocycles. The lowest BCUT2D eigenvalue weighted by atomic mass is 10.2. The maximum atomic E-state index is 12.0. The summed E-state index contributed by atoms with van der Waals surface area (Å²) in [4.78, 5) is 27.5. The molecular formula is C14H15NO5. The van der Waals surface area contributed by atoms with Gasteiger partial charge < -0.3 is 13.9 Å². The van der Waals surface area contributed by atoms with Crippen LogP contribution in [0.3, 0.4) is 0 Å². The van der Waals surface area contributed by atoms with Crippen LogP contribution in [-0.2, 0) is 9.47 Å². The van der Waals surface area contributed by atoms with Crippen LogP contribution >= 0.6 is 0 Å². The topological polar surface area (TPSA) is 78.6 Å². The molecule has 1 aromatic carbocycles. The number of methoxy groups -OCH3 is 1. The van der Waals surface area contributed by atoms with E-state index in [0.29, 0.717) is 23.3 Å². The number of carbonyl (C=O) groups excluding carboxylic acids is 2. The summed E-state index contributed by atoms with van der Waals surface area (Å²) in [6.07, 6.45) is -0.617. The molecule has 6 heteroatoms. The lowest BCUT2D eigenvalue weighted by Gasteiger charge is -2.06. The molecule has 0 aliphatic heterocycles. The number of carbonyl (C=O) groups is 2. The molecule has 0 spiro atoms. The van der Waals surface area contributed by atoms with Gasteiger partial charge >= 0.3 is 5.97 Å². The number of Topliss-reactive ketones (excluding diaryl/α,β-unsaturated/α-hetero) is 1. The molecule has 0 amide bonds. The van der Waals surface area contributed by atoms with Gasteiger partial charge in [0, 0.05) is 6.61 Å². The van der Waals surface area contributed by atoms with Gasteiger partial charge in [0.1, 0.15) is 11.6 Å². The molecule has 1 unspecified atom stereocenters. The minimum Gasteiger partial charge on any atom is -0.465 e. The van der Waals surface area contributed by atoms with Crippen molar-refractivity contribution in [2.24, 2.45) is 0 Å². The highest BCUT2D eigenvalue weighted by Crippen LogP contribution is 2.19. The highest BCUT2D eigenvalue weighted by Gasteiger charge is 2.21. The highest BCUT2D eigenvalue weighted by molar-refractivity contribution is 5.98. The summed E-state index contributed by atoms with van der Waals surface area (Å²) < 4.78 is 15.2. The van der Waals surface area contributed by atoms with E-state index in [0.717, 1.165) is 0 Å². The molecule has 0 N–H and O–H groups in total. The summed E-state index contributed by atoms with van der Waals surface area (Å²) in [6.45, 7) is 3.87. The fourth-order valence-corrected chi connectivity index (χ4v) is 1.78. The van der Waals surface area contributed by atoms with Gasteiger partial charge in [-0.1, -0.05) is 0 Å². The maximum absolute atomic E-state index is 12.0. The molecule has 106 valence electrons. The number of fused-ring (bicyclic) bond motifs is 1. The van der Waals surface area contributed by atoms with E-state index in [2.05, 4.69) is 9.72 Å². The number of aromatic nitrogens is 1. The van der Waals surface area contributed by atoms with Gasteiger partial charge in [-0.05, 0) is 32.0 Å². The Kier molecular flexibility index (Phi) is 4.14. The Morgan fingerprint density at radius 2 is 2.15 bits per heavy atom. The Morgan fingerprint density at radius 3 is 2.80 bits per heavy atom. The van der Waals surface area contributed by atoms with Crippen LogP contribution in [0.25, 0.3) is 11.1 Å². The van der Waals surface area contributed by atoms with Crippen LogP contribution in [0.1, 0.15) is 34.9 Å². The van der Waals surface area contributed by atoms with E-state index in [9.17, 15) is 9.59 Å². The number of nitrogens with zero attached hydrogens (tertiary/aromatic N) is 1. The number of ether oxygens (including phenoxy) is 2. The molecule has 0 saturated heterocycles. The highest BCUT2D eigenvalue weighted by atomic mass is 16.5. The van der Waals surface area contributed by atoms with Crippen molar-refractivity contribution in [2.75, 3.05) is 13.7 Å². The van der Waals surface area contributed by atoms with Gasteiger partial charge in [-0.3, -0.25) is 4.79 Å². The first-order chi connectivity index (χ1) is 9.56. The third kappa shape index (κ3) is 2.70. The van der Waals surface area contributed by atoms with Crippen molar-refractivity contribution >= 4 is 22.9 Å². The quantitative estimate of drug-likeness (QED) is 0.616. The van der Waals surface area contributed by atoms with Gasteiger partial charge in [-0.15, -0.1) is 0 Å². The van der Waals surface area contributed by atoms with Crippen molar-refractivity contribution < 1.29 is 23.5 Å². The molecule has 0 saturated carbocycles. The molecule has 6 nitrogen and oxygen atoms in total. The zero-order valence-electron chi connectivity index (χ0n) is 11.5. The first-order valence-electron chi connectivity index (χ1n) is 6.21. The molecule has 1 atom stereocenters. The van der Waals surface area contributed by atoms with Crippen LogP contribution in [0.2, 0.25) is 0 Å². The van der Waals surface area contributed by atoms with Crippen molar-refractivity contribution in [1.29, 1.82) is 0 Å². The van der Waals surface area contributed by atoms with Crippen molar-refractivity contribution in [3.8, 4) is 0 Å². The summed E-state index contributed by atoms with van der Waals surface area (Å²) in [6, 6.07) is 4.66. The van der Waals surface area contributed by atoms with E-state index >= 15 is 0 Å². The zero-order chi connectivity index (χ0) is 14.7. The van der Waals surface area contributed by atoms with Crippen molar-refractivity contribution in [2.45, 2.75) is 20.0 Å². The predicted octanol–water partition coefficient (Wildman–Crippen LogP) is 2.22. The van der Waals surface area contributed by atoms with E-state index in [1.165, 1.54) is 13.2 Å². The minimum atomic E-state index is -0.617. The molecule has 1 aromatic heterocycles. The number of esters is 1. The number of benzene rings is 1. The SMILES string of the molecule is CCOC(C)C(=O)c1nc2cc(C(=O)OC)ccc2o1. The third-order valence-electron chi connectivity index (χ3n) is 2.81. The van der Waals surface area contributed by atoms with Gasteiger partial charge in [0.2, 0.25) is 5.78 Å². The normalized spacial score (nSPS) is 12.3. The lowest BCUT2D eigenvalue weighted by Crippen LogP contribution is -2.21. The minimum absolute atomic E-state index is 0.0250. The van der Waals surface area contributed by atoms with Crippen LogP contribution in [0.5, 0.6) is 0 Å². The number of hydrogen-bond donors (Lipinski definition) is 0. The fraction of sp³-hybridized carbons (Fsp3) is 0.357. The molecule has 2 rings (SSSR count). The molecule has 0 radical (unpaired) electrons. The van der Waals surface area contributed by atoms with Crippen LogP contribution < -0.4 is 0 Å². The average Bonchev–Trinajstić information content (AvgIpc) is 2.88. The Hall–Kier alpha value is -2.21. The molecule has 1 heterocycles. The largest absolute Gasteiger partial charge is 0.465 e. The van der Waals surface area contributed by atoms with Crippen molar-refractivity contribution in [3.05, 3.63) is 29.7 Å². The summed E-state index contributed by atoms with van der Waals surface area (Å²) in [5.41, 5.74) is 1.22. The van der Waals surface area contributed by atoms with E-state index in [1.54, 1.807) is 26.0 Å². The molecule has 0 fully saturated rings. The van der Waals surface area contributed by atoms with Crippen molar-refractivity contribution in [1.82, 2.24) is 4.98 Å². The summed E-state index contributed by atoms with van der Waals surface area (Å²) in [5.74, 6) is -0.823. The lowest BCUT2D eigenvalue weighted by molar-refractivity contribution is 0.0491. The summed E-state index contributed by atoms with van der Waals surface area (Å²) in [5, 5.41) is 0. The van der Waals surface area contributed by atoms with E-state index in [1.807, 2.05) is 0 Å². The Bertz CT molecular complexity index is 646. The summed E-state index contributed by atoms with van der Waals surface area (Å²) in [7, 11) is 1.30. The predicted molar refractivity (Wildman–Crippen MR) is 70.8 cm³/mol. The second kappa shape index (κ2) is 5.83. The van der Waals surface area contributed by atoms with Gasteiger partial charge in [-0.2, -0.15) is 0 Å². The monoisotopic (exact) mass is 277 g/mol. The maximum Gasteiger partial charge on any atom is 0.337 e. The number of ketones is 1. The average molecular weight is 277 g/mol. The van der Waals surface area contributed by atoms with E-state index in [4.69, 9.17) is 9.15 Å². The Balaban J connectivity index is 2.34. The second-order valence-electron chi connectivity index (χ2n) is 4.15. The Morgan fingerprint density at radius 1 is 1.40 bits per heavy atom. The third-order valence-corrected chi connectivity index (χ3v) is 2.81. The van der Waals surface area contributed by atoms with Crippen LogP contribution in [0.4, 0.5) is 0 Å². The van der Waals surface area contributed by atoms with Gasteiger partial charge in [0.05, 0.1) is 12.7 Å². The first kappa shape index (κ1) is 14.2. The molecule has 0 aliphatic rings.